The normalized spacial score (nSPS) is 25.3. The van der Waals surface area contributed by atoms with Crippen LogP contribution in [0.3, 0.4) is 0 Å². The van der Waals surface area contributed by atoms with Gasteiger partial charge in [-0.1, -0.05) is 13.8 Å². The lowest BCUT2D eigenvalue weighted by Crippen LogP contribution is -2.60. The van der Waals surface area contributed by atoms with Crippen LogP contribution in [-0.4, -0.2) is 71.9 Å². The summed E-state index contributed by atoms with van der Waals surface area (Å²) in [5.41, 5.74) is -0.462. The molecule has 0 aliphatic carbocycles. The van der Waals surface area contributed by atoms with Crippen molar-refractivity contribution in [2.75, 3.05) is 39.8 Å². The first kappa shape index (κ1) is 15.9. The highest BCUT2D eigenvalue weighted by molar-refractivity contribution is 4.91. The van der Waals surface area contributed by atoms with Crippen molar-refractivity contribution in [2.24, 2.45) is 0 Å². The number of hydrogen-bond donors (Lipinski definition) is 2. The molecule has 1 unspecified atom stereocenters. The highest BCUT2D eigenvalue weighted by Crippen LogP contribution is 2.20. The van der Waals surface area contributed by atoms with E-state index >= 15 is 0 Å². The summed E-state index contributed by atoms with van der Waals surface area (Å²) in [4.78, 5) is 4.77. The SMILES string of the molecule is CC(C)NCC(C)(O)CN1CCN(C)C(C)(C)C1. The molecule has 0 bridgehead atoms. The predicted octanol–water partition coefficient (Wildman–Crippen LogP) is 0.761. The molecule has 2 N–H and O–H groups in total. The average Bonchev–Trinajstić information content (AvgIpc) is 2.20. The molecule has 1 heterocycles. The molecule has 1 atom stereocenters. The molecule has 1 saturated heterocycles. The third kappa shape index (κ3) is 4.84. The minimum absolute atomic E-state index is 0.194. The summed E-state index contributed by atoms with van der Waals surface area (Å²) in [5, 5.41) is 13.8. The van der Waals surface area contributed by atoms with Gasteiger partial charge in [0.15, 0.2) is 0 Å². The van der Waals surface area contributed by atoms with E-state index in [0.717, 1.165) is 26.2 Å². The summed E-state index contributed by atoms with van der Waals surface area (Å²) >= 11 is 0. The zero-order valence-corrected chi connectivity index (χ0v) is 13.0. The molecule has 1 fully saturated rings. The molecular formula is C14H31N3O. The Morgan fingerprint density at radius 1 is 1.33 bits per heavy atom. The lowest BCUT2D eigenvalue weighted by Gasteiger charge is -2.47. The first-order chi connectivity index (χ1) is 8.12. The number of nitrogens with zero attached hydrogens (tertiary/aromatic N) is 2. The van der Waals surface area contributed by atoms with Crippen molar-refractivity contribution in [1.82, 2.24) is 15.1 Å². The van der Waals surface area contributed by atoms with Crippen LogP contribution in [0, 0.1) is 0 Å². The van der Waals surface area contributed by atoms with Gasteiger partial charge < -0.3 is 10.4 Å². The second kappa shape index (κ2) is 5.87. The molecular weight excluding hydrogens is 226 g/mol. The third-order valence-electron chi connectivity index (χ3n) is 3.85. The van der Waals surface area contributed by atoms with E-state index < -0.39 is 5.60 Å². The smallest absolute Gasteiger partial charge is 0.0869 e. The molecule has 0 spiro atoms. The molecule has 0 aromatic rings. The number of rotatable bonds is 5. The van der Waals surface area contributed by atoms with E-state index in [2.05, 4.69) is 49.9 Å². The largest absolute Gasteiger partial charge is 0.388 e. The first-order valence-electron chi connectivity index (χ1n) is 7.02. The fourth-order valence-corrected chi connectivity index (χ4v) is 2.44. The van der Waals surface area contributed by atoms with Crippen LogP contribution < -0.4 is 5.32 Å². The van der Waals surface area contributed by atoms with Gasteiger partial charge in [0.1, 0.15) is 0 Å². The fourth-order valence-electron chi connectivity index (χ4n) is 2.44. The zero-order valence-electron chi connectivity index (χ0n) is 13.0. The van der Waals surface area contributed by atoms with Gasteiger partial charge in [-0.2, -0.15) is 0 Å². The average molecular weight is 257 g/mol. The summed E-state index contributed by atoms with van der Waals surface area (Å²) in [6, 6.07) is 0.417. The van der Waals surface area contributed by atoms with Crippen LogP contribution in [0.15, 0.2) is 0 Å². The van der Waals surface area contributed by atoms with Crippen LogP contribution in [0.25, 0.3) is 0 Å². The number of likely N-dealkylation sites (N-methyl/N-ethyl adjacent to an activating group) is 1. The Balaban J connectivity index is 2.47. The van der Waals surface area contributed by atoms with E-state index in [9.17, 15) is 5.11 Å². The Hall–Kier alpha value is -0.160. The van der Waals surface area contributed by atoms with Crippen LogP contribution in [0.4, 0.5) is 0 Å². The highest BCUT2D eigenvalue weighted by Gasteiger charge is 2.34. The molecule has 0 saturated carbocycles. The number of nitrogens with one attached hydrogen (secondary N) is 1. The molecule has 0 radical (unpaired) electrons. The van der Waals surface area contributed by atoms with Gasteiger partial charge in [-0.25, -0.2) is 0 Å². The van der Waals surface area contributed by atoms with Gasteiger partial charge in [0.2, 0.25) is 0 Å². The van der Waals surface area contributed by atoms with Gasteiger partial charge in [0, 0.05) is 44.3 Å². The molecule has 0 aromatic carbocycles. The monoisotopic (exact) mass is 257 g/mol. The van der Waals surface area contributed by atoms with Crippen molar-refractivity contribution in [3.8, 4) is 0 Å². The van der Waals surface area contributed by atoms with Crippen molar-refractivity contribution in [3.63, 3.8) is 0 Å². The van der Waals surface area contributed by atoms with Crippen LogP contribution in [0.5, 0.6) is 0 Å². The minimum atomic E-state index is -0.656. The van der Waals surface area contributed by atoms with E-state index in [1.807, 2.05) is 6.92 Å². The molecule has 1 aliphatic rings. The molecule has 108 valence electrons. The molecule has 0 amide bonds. The first-order valence-corrected chi connectivity index (χ1v) is 7.02. The molecule has 1 aliphatic heterocycles. The van der Waals surface area contributed by atoms with Gasteiger partial charge in [-0.15, -0.1) is 0 Å². The molecule has 18 heavy (non-hydrogen) atoms. The van der Waals surface area contributed by atoms with Gasteiger partial charge in [0.05, 0.1) is 5.60 Å². The summed E-state index contributed by atoms with van der Waals surface area (Å²) < 4.78 is 0. The summed E-state index contributed by atoms with van der Waals surface area (Å²) in [6.45, 7) is 15.2. The Labute approximate surface area is 112 Å². The topological polar surface area (TPSA) is 38.7 Å². The van der Waals surface area contributed by atoms with E-state index in [0.29, 0.717) is 12.6 Å². The van der Waals surface area contributed by atoms with Crippen molar-refractivity contribution >= 4 is 0 Å². The van der Waals surface area contributed by atoms with Crippen LogP contribution in [0.1, 0.15) is 34.6 Å². The predicted molar refractivity (Wildman–Crippen MR) is 76.9 cm³/mol. The maximum atomic E-state index is 10.4. The third-order valence-corrected chi connectivity index (χ3v) is 3.85. The Bertz CT molecular complexity index is 264. The Kier molecular flexibility index (Phi) is 5.18. The van der Waals surface area contributed by atoms with E-state index in [-0.39, 0.29) is 5.54 Å². The minimum Gasteiger partial charge on any atom is -0.388 e. The van der Waals surface area contributed by atoms with Crippen molar-refractivity contribution in [2.45, 2.75) is 51.8 Å². The standard InChI is InChI=1S/C14H31N3O/c1-12(2)15-9-14(5,18)11-17-8-7-16(6)13(3,4)10-17/h12,15,18H,7-11H2,1-6H3. The van der Waals surface area contributed by atoms with E-state index in [1.165, 1.54) is 0 Å². The van der Waals surface area contributed by atoms with Crippen LogP contribution in [0.2, 0.25) is 0 Å². The second-order valence-electron chi connectivity index (χ2n) is 6.98. The van der Waals surface area contributed by atoms with Gasteiger partial charge >= 0.3 is 0 Å². The van der Waals surface area contributed by atoms with Crippen LogP contribution in [-0.2, 0) is 0 Å². The number of β-amino-alcohol motifs (C(OH)–C–C–N with tert-alkyl or cyclic N) is 1. The maximum absolute atomic E-state index is 10.4. The van der Waals surface area contributed by atoms with Crippen LogP contribution >= 0.6 is 0 Å². The fraction of sp³-hybridized carbons (Fsp3) is 1.00. The van der Waals surface area contributed by atoms with E-state index in [4.69, 9.17) is 0 Å². The number of hydrogen-bond acceptors (Lipinski definition) is 4. The summed E-state index contributed by atoms with van der Waals surface area (Å²) in [7, 11) is 2.18. The molecule has 4 heteroatoms. The van der Waals surface area contributed by atoms with Gasteiger partial charge in [-0.05, 0) is 27.8 Å². The van der Waals surface area contributed by atoms with Gasteiger partial charge in [-0.3, -0.25) is 9.80 Å². The lowest BCUT2D eigenvalue weighted by molar-refractivity contribution is -0.0240. The van der Waals surface area contributed by atoms with Crippen molar-refractivity contribution < 1.29 is 5.11 Å². The summed E-state index contributed by atoms with van der Waals surface area (Å²) in [6.07, 6.45) is 0. The summed E-state index contributed by atoms with van der Waals surface area (Å²) in [5.74, 6) is 0. The molecule has 0 aromatic heterocycles. The number of piperazine rings is 1. The number of aliphatic hydroxyl groups is 1. The van der Waals surface area contributed by atoms with Crippen molar-refractivity contribution in [1.29, 1.82) is 0 Å². The Morgan fingerprint density at radius 3 is 2.44 bits per heavy atom. The molecule has 4 nitrogen and oxygen atoms in total. The van der Waals surface area contributed by atoms with Crippen molar-refractivity contribution in [3.05, 3.63) is 0 Å². The molecule has 1 rings (SSSR count). The lowest BCUT2D eigenvalue weighted by atomic mass is 9.97. The van der Waals surface area contributed by atoms with Gasteiger partial charge in [0.25, 0.3) is 0 Å². The highest BCUT2D eigenvalue weighted by atomic mass is 16.3. The Morgan fingerprint density at radius 2 is 1.94 bits per heavy atom. The maximum Gasteiger partial charge on any atom is 0.0869 e. The van der Waals surface area contributed by atoms with E-state index in [1.54, 1.807) is 0 Å². The second-order valence-corrected chi connectivity index (χ2v) is 6.98. The zero-order chi connectivity index (χ0) is 14.0. The quantitative estimate of drug-likeness (QED) is 0.763.